The molecule has 0 aliphatic rings. The van der Waals surface area contributed by atoms with E-state index >= 15 is 0 Å². The summed E-state index contributed by atoms with van der Waals surface area (Å²) >= 11 is 0. The van der Waals surface area contributed by atoms with Gasteiger partial charge in [0.1, 0.15) is 5.75 Å². The molecule has 1 aromatic carbocycles. The van der Waals surface area contributed by atoms with Crippen molar-refractivity contribution in [3.63, 3.8) is 0 Å². The Hall–Kier alpha value is -2.01. The second kappa shape index (κ2) is 6.63. The predicted molar refractivity (Wildman–Crippen MR) is 82.7 cm³/mol. The van der Waals surface area contributed by atoms with E-state index in [1.807, 2.05) is 26.1 Å². The summed E-state index contributed by atoms with van der Waals surface area (Å²) in [6, 6.07) is 8.33. The van der Waals surface area contributed by atoms with E-state index in [-0.39, 0.29) is 6.04 Å². The van der Waals surface area contributed by atoms with E-state index in [9.17, 15) is 0 Å². The Bertz CT molecular complexity index is 590. The Morgan fingerprint density at radius 3 is 2.43 bits per heavy atom. The van der Waals surface area contributed by atoms with E-state index in [4.69, 9.17) is 9.47 Å². The lowest BCUT2D eigenvalue weighted by molar-refractivity contribution is 0.367. The van der Waals surface area contributed by atoms with Gasteiger partial charge in [0.2, 0.25) is 5.88 Å². The molecule has 0 saturated carbocycles. The molecule has 114 valence electrons. The van der Waals surface area contributed by atoms with Crippen molar-refractivity contribution in [2.45, 2.75) is 26.4 Å². The maximum atomic E-state index is 5.41. The number of rotatable bonds is 6. The summed E-state index contributed by atoms with van der Waals surface area (Å²) in [7, 11) is 5.24. The van der Waals surface area contributed by atoms with E-state index in [0.29, 0.717) is 0 Å². The molecule has 1 unspecified atom stereocenters. The van der Waals surface area contributed by atoms with Gasteiger partial charge in [-0.2, -0.15) is 5.10 Å². The molecular weight excluding hydrogens is 266 g/mol. The SMILES string of the molecule is COc1ccc(C(C)NCc2c(C)nn(C)c2OC)cc1. The zero-order valence-corrected chi connectivity index (χ0v) is 13.3. The van der Waals surface area contributed by atoms with Gasteiger partial charge < -0.3 is 14.8 Å². The van der Waals surface area contributed by atoms with Gasteiger partial charge >= 0.3 is 0 Å². The van der Waals surface area contributed by atoms with Crippen LogP contribution < -0.4 is 14.8 Å². The summed E-state index contributed by atoms with van der Waals surface area (Å²) < 4.78 is 12.4. The highest BCUT2D eigenvalue weighted by molar-refractivity contribution is 5.32. The number of aromatic nitrogens is 2. The lowest BCUT2D eigenvalue weighted by Crippen LogP contribution is -2.18. The molecular formula is C16H23N3O2. The zero-order valence-electron chi connectivity index (χ0n) is 13.3. The van der Waals surface area contributed by atoms with Crippen molar-refractivity contribution in [1.29, 1.82) is 0 Å². The molecule has 0 bridgehead atoms. The first-order chi connectivity index (χ1) is 10.1. The highest BCUT2D eigenvalue weighted by Crippen LogP contribution is 2.22. The van der Waals surface area contributed by atoms with Gasteiger partial charge in [0.05, 0.1) is 25.5 Å². The van der Waals surface area contributed by atoms with Crippen LogP contribution in [0.15, 0.2) is 24.3 Å². The fourth-order valence-electron chi connectivity index (χ4n) is 2.41. The van der Waals surface area contributed by atoms with Crippen LogP contribution in [0.1, 0.15) is 29.8 Å². The first kappa shape index (κ1) is 15.4. The number of hydrogen-bond acceptors (Lipinski definition) is 4. The van der Waals surface area contributed by atoms with Crippen molar-refractivity contribution >= 4 is 0 Å². The predicted octanol–water partition coefficient (Wildman–Crippen LogP) is 2.60. The van der Waals surface area contributed by atoms with Crippen LogP contribution in [0.3, 0.4) is 0 Å². The monoisotopic (exact) mass is 289 g/mol. The van der Waals surface area contributed by atoms with E-state index in [1.54, 1.807) is 18.9 Å². The third kappa shape index (κ3) is 3.36. The summed E-state index contributed by atoms with van der Waals surface area (Å²) in [4.78, 5) is 0. The summed E-state index contributed by atoms with van der Waals surface area (Å²) in [5, 5.41) is 7.90. The number of nitrogens with zero attached hydrogens (tertiary/aromatic N) is 2. The zero-order chi connectivity index (χ0) is 15.4. The quantitative estimate of drug-likeness (QED) is 0.888. The van der Waals surface area contributed by atoms with Gasteiger partial charge in [0, 0.05) is 19.6 Å². The lowest BCUT2D eigenvalue weighted by atomic mass is 10.1. The average molecular weight is 289 g/mol. The summed E-state index contributed by atoms with van der Waals surface area (Å²) in [5.41, 5.74) is 3.31. The van der Waals surface area contributed by atoms with Gasteiger partial charge in [-0.3, -0.25) is 0 Å². The van der Waals surface area contributed by atoms with Crippen LogP contribution in [-0.4, -0.2) is 24.0 Å². The maximum absolute atomic E-state index is 5.41. The van der Waals surface area contributed by atoms with Crippen molar-refractivity contribution in [3.8, 4) is 11.6 Å². The summed E-state index contributed by atoms with van der Waals surface area (Å²) in [6.45, 7) is 4.85. The van der Waals surface area contributed by atoms with E-state index < -0.39 is 0 Å². The smallest absolute Gasteiger partial charge is 0.216 e. The largest absolute Gasteiger partial charge is 0.497 e. The molecule has 1 atom stereocenters. The number of benzene rings is 1. The van der Waals surface area contributed by atoms with Gasteiger partial charge in [-0.25, -0.2) is 4.68 Å². The van der Waals surface area contributed by atoms with Crippen LogP contribution in [0.4, 0.5) is 0 Å². The Labute approximate surface area is 125 Å². The van der Waals surface area contributed by atoms with Gasteiger partial charge in [-0.1, -0.05) is 12.1 Å². The van der Waals surface area contributed by atoms with Crippen molar-refractivity contribution < 1.29 is 9.47 Å². The minimum atomic E-state index is 0.236. The standard InChI is InChI=1S/C16H23N3O2/c1-11(13-6-8-14(20-4)9-7-13)17-10-15-12(2)18-19(3)16(15)21-5/h6-9,11,17H,10H2,1-5H3. The number of hydrogen-bond donors (Lipinski definition) is 1. The number of ether oxygens (including phenoxy) is 2. The van der Waals surface area contributed by atoms with Crippen molar-refractivity contribution in [1.82, 2.24) is 15.1 Å². The molecule has 1 aromatic heterocycles. The molecule has 2 aromatic rings. The minimum absolute atomic E-state index is 0.236. The van der Waals surface area contributed by atoms with Crippen molar-refractivity contribution in [2.24, 2.45) is 7.05 Å². The number of aryl methyl sites for hydroxylation is 2. The van der Waals surface area contributed by atoms with Crippen LogP contribution >= 0.6 is 0 Å². The molecule has 21 heavy (non-hydrogen) atoms. The molecule has 0 radical (unpaired) electrons. The van der Waals surface area contributed by atoms with E-state index in [0.717, 1.165) is 29.4 Å². The topological polar surface area (TPSA) is 48.3 Å². The van der Waals surface area contributed by atoms with Crippen LogP contribution in [0.5, 0.6) is 11.6 Å². The van der Waals surface area contributed by atoms with Gasteiger partial charge in [-0.15, -0.1) is 0 Å². The second-order valence-electron chi connectivity index (χ2n) is 5.07. The molecule has 2 rings (SSSR count). The molecule has 0 spiro atoms. The van der Waals surface area contributed by atoms with Crippen LogP contribution in [-0.2, 0) is 13.6 Å². The second-order valence-corrected chi connectivity index (χ2v) is 5.07. The van der Waals surface area contributed by atoms with Gasteiger partial charge in [0.25, 0.3) is 0 Å². The first-order valence-electron chi connectivity index (χ1n) is 7.00. The summed E-state index contributed by atoms with van der Waals surface area (Å²) in [5.74, 6) is 1.68. The lowest BCUT2D eigenvalue weighted by Gasteiger charge is -2.15. The maximum Gasteiger partial charge on any atom is 0.216 e. The first-order valence-corrected chi connectivity index (χ1v) is 7.00. The fourth-order valence-corrected chi connectivity index (χ4v) is 2.41. The van der Waals surface area contributed by atoms with Gasteiger partial charge in [0.15, 0.2) is 0 Å². The van der Waals surface area contributed by atoms with Crippen molar-refractivity contribution in [2.75, 3.05) is 14.2 Å². The Balaban J connectivity index is 2.05. The molecule has 0 aliphatic heterocycles. The third-order valence-corrected chi connectivity index (χ3v) is 3.68. The third-order valence-electron chi connectivity index (χ3n) is 3.68. The fraction of sp³-hybridized carbons (Fsp3) is 0.438. The summed E-state index contributed by atoms with van der Waals surface area (Å²) in [6.07, 6.45) is 0. The van der Waals surface area contributed by atoms with Crippen LogP contribution in [0.2, 0.25) is 0 Å². The number of nitrogens with one attached hydrogen (secondary N) is 1. The Morgan fingerprint density at radius 2 is 1.86 bits per heavy atom. The highest BCUT2D eigenvalue weighted by Gasteiger charge is 2.14. The molecule has 5 heteroatoms. The normalized spacial score (nSPS) is 12.2. The molecule has 1 heterocycles. The average Bonchev–Trinajstić information content (AvgIpc) is 2.78. The molecule has 0 saturated heterocycles. The number of methoxy groups -OCH3 is 2. The Morgan fingerprint density at radius 1 is 1.19 bits per heavy atom. The van der Waals surface area contributed by atoms with Crippen LogP contribution in [0, 0.1) is 6.92 Å². The van der Waals surface area contributed by atoms with Crippen molar-refractivity contribution in [3.05, 3.63) is 41.1 Å². The molecule has 0 aliphatic carbocycles. The Kier molecular flexibility index (Phi) is 4.85. The highest BCUT2D eigenvalue weighted by atomic mass is 16.5. The molecule has 5 nitrogen and oxygen atoms in total. The minimum Gasteiger partial charge on any atom is -0.497 e. The van der Waals surface area contributed by atoms with Gasteiger partial charge in [-0.05, 0) is 31.5 Å². The molecule has 0 amide bonds. The molecule has 0 fully saturated rings. The molecule has 1 N–H and O–H groups in total. The van der Waals surface area contributed by atoms with E-state index in [1.165, 1.54) is 5.56 Å². The van der Waals surface area contributed by atoms with Crippen LogP contribution in [0.25, 0.3) is 0 Å². The van der Waals surface area contributed by atoms with E-state index in [2.05, 4.69) is 29.5 Å².